The summed E-state index contributed by atoms with van der Waals surface area (Å²) >= 11 is 5.00. The predicted octanol–water partition coefficient (Wildman–Crippen LogP) is 6.00. The lowest BCUT2D eigenvalue weighted by molar-refractivity contribution is 0.980. The van der Waals surface area contributed by atoms with Gasteiger partial charge in [0, 0.05) is 0 Å². The van der Waals surface area contributed by atoms with Crippen LogP contribution in [0.25, 0.3) is 0 Å². The minimum atomic E-state index is 1.17. The van der Waals surface area contributed by atoms with Crippen LogP contribution in [0.1, 0.15) is 53.4 Å². The van der Waals surface area contributed by atoms with E-state index < -0.39 is 0 Å². The molecule has 0 N–H and O–H groups in total. The van der Waals surface area contributed by atoms with Crippen LogP contribution in [0.3, 0.4) is 0 Å². The fourth-order valence-corrected chi connectivity index (χ4v) is 2.98. The van der Waals surface area contributed by atoms with E-state index in [0.29, 0.717) is 0 Å². The Bertz CT molecular complexity index is 211. The molecule has 0 saturated carbocycles. The molecule has 2 heteroatoms. The summed E-state index contributed by atoms with van der Waals surface area (Å²) in [5, 5.41) is 0. The predicted molar refractivity (Wildman–Crippen MR) is 83.3 cm³/mol. The number of hydrogen-bond donors (Lipinski definition) is 0. The van der Waals surface area contributed by atoms with E-state index in [1.54, 1.807) is 11.1 Å². The van der Waals surface area contributed by atoms with Crippen LogP contribution in [0.15, 0.2) is 18.3 Å². The van der Waals surface area contributed by atoms with Crippen LogP contribution in [-0.4, -0.2) is 0 Å². The molecule has 0 aliphatic heterocycles. The molecule has 0 amide bonds. The van der Waals surface area contributed by atoms with E-state index in [1.807, 2.05) is 0 Å². The monoisotopic (exact) mass is 418 g/mol. The van der Waals surface area contributed by atoms with Crippen LogP contribution < -0.4 is 0 Å². The van der Waals surface area contributed by atoms with Crippen LogP contribution >= 0.6 is 45.2 Å². The van der Waals surface area contributed by atoms with Crippen LogP contribution in [-0.2, 0) is 0 Å². The van der Waals surface area contributed by atoms with Crippen LogP contribution in [0.4, 0.5) is 0 Å². The molecule has 0 saturated heterocycles. The van der Waals surface area contributed by atoms with Crippen molar-refractivity contribution in [1.82, 2.24) is 0 Å². The van der Waals surface area contributed by atoms with E-state index in [9.17, 15) is 0 Å². The summed E-state index contributed by atoms with van der Waals surface area (Å²) in [4.78, 5) is 0. The van der Waals surface area contributed by atoms with Gasteiger partial charge in [-0.3, -0.25) is 0 Å². The Balaban J connectivity index is 5.19. The van der Waals surface area contributed by atoms with Crippen molar-refractivity contribution < 1.29 is 0 Å². The molecule has 14 heavy (non-hydrogen) atoms. The quantitative estimate of drug-likeness (QED) is 0.379. The lowest BCUT2D eigenvalue weighted by Crippen LogP contribution is -1.93. The van der Waals surface area contributed by atoms with E-state index >= 15 is 0 Å². The summed E-state index contributed by atoms with van der Waals surface area (Å²) in [7, 11) is 0. The van der Waals surface area contributed by atoms with Gasteiger partial charge in [0.1, 0.15) is 0 Å². The van der Waals surface area contributed by atoms with Gasteiger partial charge in [-0.2, -0.15) is 0 Å². The van der Waals surface area contributed by atoms with E-state index in [2.05, 4.69) is 72.9 Å². The van der Waals surface area contributed by atoms with Crippen molar-refractivity contribution in [3.8, 4) is 0 Å². The number of hydrogen-bond acceptors (Lipinski definition) is 0. The Morgan fingerprint density at radius 1 is 0.643 bits per heavy atom. The topological polar surface area (TPSA) is 0 Å². The molecule has 0 nitrogen and oxygen atoms in total. The average Bonchev–Trinajstić information content (AvgIpc) is 2.23. The zero-order valence-electron chi connectivity index (χ0n) is 9.58. The fourth-order valence-electron chi connectivity index (χ4n) is 1.56. The van der Waals surface area contributed by atoms with Crippen molar-refractivity contribution in [2.45, 2.75) is 53.4 Å². The summed E-state index contributed by atoms with van der Waals surface area (Å²) in [5.41, 5.74) is 3.17. The van der Waals surface area contributed by atoms with Gasteiger partial charge in [0.05, 0.1) is 0 Å². The van der Waals surface area contributed by atoms with Crippen molar-refractivity contribution in [2.24, 2.45) is 0 Å². The Morgan fingerprint density at radius 3 is 1.07 bits per heavy atom. The van der Waals surface area contributed by atoms with Gasteiger partial charge in [0.2, 0.25) is 0 Å². The molecule has 0 aromatic carbocycles. The zero-order valence-corrected chi connectivity index (χ0v) is 13.9. The van der Waals surface area contributed by atoms with Crippen LogP contribution in [0, 0.1) is 0 Å². The molecule has 82 valence electrons. The van der Waals surface area contributed by atoms with Gasteiger partial charge in [-0.15, -0.1) is 0 Å². The molecule has 0 aromatic heterocycles. The van der Waals surface area contributed by atoms with Gasteiger partial charge in [-0.25, -0.2) is 0 Å². The first kappa shape index (κ1) is 14.9. The number of allylic oxidation sites excluding steroid dienone is 4. The summed E-state index contributed by atoms with van der Waals surface area (Å²) in [6, 6.07) is 0. The molecule has 0 atom stereocenters. The van der Waals surface area contributed by atoms with Gasteiger partial charge < -0.3 is 0 Å². The highest BCUT2D eigenvalue weighted by Crippen LogP contribution is 2.32. The number of rotatable bonds is 5. The van der Waals surface area contributed by atoms with Crippen molar-refractivity contribution in [3.05, 3.63) is 18.3 Å². The molecule has 0 aliphatic rings. The second-order valence-electron chi connectivity index (χ2n) is 3.18. The third kappa shape index (κ3) is 4.21. The van der Waals surface area contributed by atoms with Crippen molar-refractivity contribution in [1.29, 1.82) is 0 Å². The second kappa shape index (κ2) is 8.13. The molecule has 0 aromatic rings. The SMILES string of the molecule is CCC(I)=C(CC)C(CC)=C(I)CC. The molecule has 0 radical (unpaired) electrons. The highest BCUT2D eigenvalue weighted by atomic mass is 127. The van der Waals surface area contributed by atoms with Crippen LogP contribution in [0.2, 0.25) is 0 Å². The van der Waals surface area contributed by atoms with Gasteiger partial charge in [-0.1, -0.05) is 27.7 Å². The molecule has 0 rings (SSSR count). The maximum Gasteiger partial charge on any atom is -0.00619 e. The number of halogens is 2. The highest BCUT2D eigenvalue weighted by molar-refractivity contribution is 14.1. The van der Waals surface area contributed by atoms with E-state index in [-0.39, 0.29) is 0 Å². The Kier molecular flexibility index (Phi) is 8.68. The average molecular weight is 418 g/mol. The first-order valence-corrected chi connectivity index (χ1v) is 7.53. The Labute approximate surface area is 116 Å². The van der Waals surface area contributed by atoms with Crippen molar-refractivity contribution >= 4 is 45.2 Å². The van der Waals surface area contributed by atoms with E-state index in [4.69, 9.17) is 0 Å². The normalized spacial score (nSPS) is 15.0. The maximum atomic E-state index is 2.50. The molecule has 0 fully saturated rings. The first-order valence-electron chi connectivity index (χ1n) is 5.37. The lowest BCUT2D eigenvalue weighted by atomic mass is 9.99. The molecular formula is C12H20I2. The van der Waals surface area contributed by atoms with E-state index in [1.165, 1.54) is 32.8 Å². The molecule has 0 unspecified atom stereocenters. The van der Waals surface area contributed by atoms with Gasteiger partial charge >= 0.3 is 0 Å². The highest BCUT2D eigenvalue weighted by Gasteiger charge is 2.08. The molecule has 0 aliphatic carbocycles. The first-order chi connectivity index (χ1) is 6.62. The third-order valence-corrected chi connectivity index (χ3v) is 5.17. The molecular weight excluding hydrogens is 398 g/mol. The minimum absolute atomic E-state index is 1.17. The van der Waals surface area contributed by atoms with Gasteiger partial charge in [0.15, 0.2) is 0 Å². The summed E-state index contributed by atoms with van der Waals surface area (Å²) < 4.78 is 3.06. The van der Waals surface area contributed by atoms with E-state index in [0.717, 1.165) is 0 Å². The van der Waals surface area contributed by atoms with Crippen molar-refractivity contribution in [2.75, 3.05) is 0 Å². The minimum Gasteiger partial charge on any atom is -0.0613 e. The summed E-state index contributed by atoms with van der Waals surface area (Å²) in [5.74, 6) is 0. The molecule has 0 bridgehead atoms. The smallest absolute Gasteiger partial charge is 0.00619 e. The molecule has 0 spiro atoms. The third-order valence-electron chi connectivity index (χ3n) is 2.35. The van der Waals surface area contributed by atoms with Crippen molar-refractivity contribution in [3.63, 3.8) is 0 Å². The fraction of sp³-hybridized carbons (Fsp3) is 0.667. The zero-order chi connectivity index (χ0) is 11.1. The summed E-state index contributed by atoms with van der Waals surface area (Å²) in [6.45, 7) is 9.00. The lowest BCUT2D eigenvalue weighted by Gasteiger charge is -2.13. The second-order valence-corrected chi connectivity index (χ2v) is 5.79. The van der Waals surface area contributed by atoms with Gasteiger partial charge in [-0.05, 0) is 89.2 Å². The van der Waals surface area contributed by atoms with Crippen LogP contribution in [0.5, 0.6) is 0 Å². The summed E-state index contributed by atoms with van der Waals surface area (Å²) in [6.07, 6.45) is 4.67. The standard InChI is InChI=1S/C12H20I2/c1-5-9(11(13)7-3)10(6-2)12(14)8-4/h5-8H2,1-4H3. The molecule has 0 heterocycles. The Morgan fingerprint density at radius 2 is 0.929 bits per heavy atom. The largest absolute Gasteiger partial charge is 0.0613 e. The van der Waals surface area contributed by atoms with Gasteiger partial charge in [0.25, 0.3) is 0 Å². The Hall–Kier alpha value is 0.940. The maximum absolute atomic E-state index is 2.50.